The van der Waals surface area contributed by atoms with E-state index in [0.29, 0.717) is 12.8 Å². The third-order valence-corrected chi connectivity index (χ3v) is 2.63. The van der Waals surface area contributed by atoms with Crippen LogP contribution in [0.1, 0.15) is 40.0 Å². The quantitative estimate of drug-likeness (QED) is 0.661. The lowest BCUT2D eigenvalue weighted by Gasteiger charge is -2.22. The van der Waals surface area contributed by atoms with Crippen molar-refractivity contribution in [3.8, 4) is 0 Å². The van der Waals surface area contributed by atoms with E-state index in [1.165, 1.54) is 0 Å². The van der Waals surface area contributed by atoms with Crippen LogP contribution in [0, 0.1) is 5.41 Å². The number of alkyl halides is 2. The SMILES string of the molecule is CC(C)OC(=O)CC1(C(C)(F)F)CC1. The van der Waals surface area contributed by atoms with Crippen molar-refractivity contribution in [2.75, 3.05) is 0 Å². The summed E-state index contributed by atoms with van der Waals surface area (Å²) in [5.74, 6) is -3.29. The number of esters is 1. The summed E-state index contributed by atoms with van der Waals surface area (Å²) in [5.41, 5.74) is -1.11. The van der Waals surface area contributed by atoms with Crippen LogP contribution in [-0.4, -0.2) is 18.0 Å². The first kappa shape index (κ1) is 11.4. The number of ether oxygens (including phenoxy) is 1. The molecule has 0 amide bonds. The number of carbonyl (C=O) groups excluding carboxylic acids is 1. The van der Waals surface area contributed by atoms with Gasteiger partial charge in [0, 0.05) is 5.41 Å². The molecule has 2 nitrogen and oxygen atoms in total. The minimum absolute atomic E-state index is 0.158. The van der Waals surface area contributed by atoms with Crippen LogP contribution in [0.15, 0.2) is 0 Å². The van der Waals surface area contributed by atoms with E-state index in [0.717, 1.165) is 6.92 Å². The van der Waals surface area contributed by atoms with Gasteiger partial charge in [0.05, 0.1) is 12.5 Å². The zero-order valence-electron chi connectivity index (χ0n) is 8.77. The van der Waals surface area contributed by atoms with Crippen molar-refractivity contribution in [3.63, 3.8) is 0 Å². The predicted octanol–water partition coefficient (Wildman–Crippen LogP) is 2.76. The molecule has 1 aliphatic carbocycles. The molecule has 1 rings (SSSR count). The van der Waals surface area contributed by atoms with Gasteiger partial charge >= 0.3 is 5.97 Å². The van der Waals surface area contributed by atoms with Crippen molar-refractivity contribution < 1.29 is 18.3 Å². The first-order valence-corrected chi connectivity index (χ1v) is 4.84. The molecule has 0 unspecified atom stereocenters. The maximum atomic E-state index is 13.1. The highest BCUT2D eigenvalue weighted by Crippen LogP contribution is 2.59. The number of hydrogen-bond donors (Lipinski definition) is 0. The molecule has 82 valence electrons. The molecule has 0 radical (unpaired) electrons. The fraction of sp³-hybridized carbons (Fsp3) is 0.900. The summed E-state index contributed by atoms with van der Waals surface area (Å²) in [6, 6.07) is 0. The smallest absolute Gasteiger partial charge is 0.306 e. The van der Waals surface area contributed by atoms with Crippen LogP contribution >= 0.6 is 0 Å². The standard InChI is InChI=1S/C10H16F2O2/c1-7(2)14-8(13)6-10(4-5-10)9(3,11)12/h7H,4-6H2,1-3H3. The Hall–Kier alpha value is -0.670. The fourth-order valence-corrected chi connectivity index (χ4v) is 1.50. The maximum Gasteiger partial charge on any atom is 0.306 e. The van der Waals surface area contributed by atoms with Gasteiger partial charge in [0.1, 0.15) is 0 Å². The molecule has 0 aliphatic heterocycles. The summed E-state index contributed by atoms with van der Waals surface area (Å²) in [6.07, 6.45) is 0.450. The van der Waals surface area contributed by atoms with Crippen molar-refractivity contribution in [3.05, 3.63) is 0 Å². The first-order valence-electron chi connectivity index (χ1n) is 4.84. The number of rotatable bonds is 4. The summed E-state index contributed by atoms with van der Waals surface area (Å²) >= 11 is 0. The van der Waals surface area contributed by atoms with Gasteiger partial charge in [-0.05, 0) is 33.6 Å². The Bertz CT molecular complexity index is 227. The average molecular weight is 206 g/mol. The molecule has 14 heavy (non-hydrogen) atoms. The van der Waals surface area contributed by atoms with Crippen LogP contribution in [0.25, 0.3) is 0 Å². The van der Waals surface area contributed by atoms with E-state index in [2.05, 4.69) is 0 Å². The lowest BCUT2D eigenvalue weighted by atomic mass is 9.95. The first-order chi connectivity index (χ1) is 6.27. The molecule has 0 spiro atoms. The van der Waals surface area contributed by atoms with E-state index in [1.807, 2.05) is 0 Å². The van der Waals surface area contributed by atoms with Gasteiger partial charge in [-0.15, -0.1) is 0 Å². The Morgan fingerprint density at radius 2 is 2.00 bits per heavy atom. The molecule has 0 saturated heterocycles. The molecule has 4 heteroatoms. The predicted molar refractivity (Wildman–Crippen MR) is 48.1 cm³/mol. The minimum Gasteiger partial charge on any atom is -0.463 e. The molecule has 1 aliphatic rings. The average Bonchev–Trinajstić information content (AvgIpc) is 2.64. The molecule has 1 saturated carbocycles. The van der Waals surface area contributed by atoms with Crippen LogP contribution in [-0.2, 0) is 9.53 Å². The van der Waals surface area contributed by atoms with Crippen molar-refractivity contribution in [2.45, 2.75) is 52.1 Å². The Labute approximate surface area is 82.6 Å². The van der Waals surface area contributed by atoms with Crippen LogP contribution in [0.4, 0.5) is 8.78 Å². The van der Waals surface area contributed by atoms with Crippen LogP contribution in [0.3, 0.4) is 0 Å². The maximum absolute atomic E-state index is 13.1. The number of carbonyl (C=O) groups is 1. The summed E-state index contributed by atoms with van der Waals surface area (Å²) in [6.45, 7) is 4.30. The van der Waals surface area contributed by atoms with E-state index in [9.17, 15) is 13.6 Å². The highest BCUT2D eigenvalue weighted by molar-refractivity contribution is 5.71. The summed E-state index contributed by atoms with van der Waals surface area (Å²) in [5, 5.41) is 0. The Morgan fingerprint density at radius 1 is 1.50 bits per heavy atom. The zero-order chi connectivity index (χ0) is 11.0. The van der Waals surface area contributed by atoms with Gasteiger partial charge in [0.25, 0.3) is 5.92 Å². The van der Waals surface area contributed by atoms with E-state index in [-0.39, 0.29) is 12.5 Å². The van der Waals surface area contributed by atoms with E-state index in [4.69, 9.17) is 4.74 Å². The van der Waals surface area contributed by atoms with Gasteiger partial charge < -0.3 is 4.74 Å². The largest absolute Gasteiger partial charge is 0.463 e. The molecule has 0 bridgehead atoms. The molecule has 0 N–H and O–H groups in total. The lowest BCUT2D eigenvalue weighted by Crippen LogP contribution is -2.29. The molecule has 0 aromatic rings. The summed E-state index contributed by atoms with van der Waals surface area (Å²) < 4.78 is 31.0. The third-order valence-electron chi connectivity index (χ3n) is 2.63. The second-order valence-corrected chi connectivity index (χ2v) is 4.38. The molecule has 0 atom stereocenters. The van der Waals surface area contributed by atoms with Gasteiger partial charge in [0.2, 0.25) is 0 Å². The van der Waals surface area contributed by atoms with Crippen molar-refractivity contribution >= 4 is 5.97 Å². The number of halogens is 2. The lowest BCUT2D eigenvalue weighted by molar-refractivity contribution is -0.154. The van der Waals surface area contributed by atoms with E-state index < -0.39 is 17.3 Å². The van der Waals surface area contributed by atoms with Gasteiger partial charge in [-0.3, -0.25) is 4.79 Å². The van der Waals surface area contributed by atoms with Crippen molar-refractivity contribution in [1.29, 1.82) is 0 Å². The summed E-state index contributed by atoms with van der Waals surface area (Å²) in [7, 11) is 0. The highest BCUT2D eigenvalue weighted by Gasteiger charge is 2.60. The molecule has 0 aromatic carbocycles. The van der Waals surface area contributed by atoms with E-state index in [1.54, 1.807) is 13.8 Å². The third kappa shape index (κ3) is 2.42. The monoisotopic (exact) mass is 206 g/mol. The Kier molecular flexibility index (Phi) is 2.83. The van der Waals surface area contributed by atoms with Gasteiger partial charge in [-0.2, -0.15) is 0 Å². The van der Waals surface area contributed by atoms with Gasteiger partial charge in [0.15, 0.2) is 0 Å². The van der Waals surface area contributed by atoms with Crippen molar-refractivity contribution in [2.24, 2.45) is 5.41 Å². The van der Waals surface area contributed by atoms with E-state index >= 15 is 0 Å². The molecule has 0 heterocycles. The second-order valence-electron chi connectivity index (χ2n) is 4.38. The zero-order valence-corrected chi connectivity index (χ0v) is 8.77. The van der Waals surface area contributed by atoms with Crippen LogP contribution in [0.5, 0.6) is 0 Å². The Balaban J connectivity index is 2.49. The van der Waals surface area contributed by atoms with Crippen LogP contribution < -0.4 is 0 Å². The van der Waals surface area contributed by atoms with Gasteiger partial charge in [-0.1, -0.05) is 0 Å². The topological polar surface area (TPSA) is 26.3 Å². The minimum atomic E-state index is -2.77. The summed E-state index contributed by atoms with van der Waals surface area (Å²) in [4.78, 5) is 11.2. The molecular formula is C10H16F2O2. The molecular weight excluding hydrogens is 190 g/mol. The molecule has 0 aromatic heterocycles. The van der Waals surface area contributed by atoms with Gasteiger partial charge in [-0.25, -0.2) is 8.78 Å². The normalized spacial score (nSPS) is 19.6. The highest BCUT2D eigenvalue weighted by atomic mass is 19.3. The Morgan fingerprint density at radius 3 is 2.29 bits per heavy atom. The number of hydrogen-bond acceptors (Lipinski definition) is 2. The molecule has 1 fully saturated rings. The van der Waals surface area contributed by atoms with Crippen molar-refractivity contribution in [1.82, 2.24) is 0 Å². The fourth-order valence-electron chi connectivity index (χ4n) is 1.50. The second kappa shape index (κ2) is 3.48. The van der Waals surface area contributed by atoms with Crippen LogP contribution in [0.2, 0.25) is 0 Å².